The molecule has 0 amide bonds. The minimum absolute atomic E-state index is 0.245. The fourth-order valence-electron chi connectivity index (χ4n) is 3.93. The highest BCUT2D eigenvalue weighted by Crippen LogP contribution is 2.36. The van der Waals surface area contributed by atoms with E-state index in [4.69, 9.17) is 9.47 Å². The zero-order valence-corrected chi connectivity index (χ0v) is 15.2. The van der Waals surface area contributed by atoms with Crippen LogP contribution in [0.1, 0.15) is 36.1 Å². The van der Waals surface area contributed by atoms with Crippen LogP contribution in [0.2, 0.25) is 0 Å². The Morgan fingerprint density at radius 3 is 3.08 bits per heavy atom. The van der Waals surface area contributed by atoms with Crippen LogP contribution in [0.25, 0.3) is 0 Å². The Kier molecular flexibility index (Phi) is 4.37. The number of benzene rings is 1. The summed E-state index contributed by atoms with van der Waals surface area (Å²) < 4.78 is 13.7. The quantitative estimate of drug-likeness (QED) is 0.903. The molecule has 1 aromatic heterocycles. The molecule has 0 radical (unpaired) electrons. The molecule has 134 valence electrons. The molecule has 2 atom stereocenters. The molecule has 0 fully saturated rings. The zero-order chi connectivity index (χ0) is 17.4. The minimum atomic E-state index is 0.245. The number of ether oxygens (including phenoxy) is 2. The summed E-state index contributed by atoms with van der Waals surface area (Å²) in [7, 11) is 1.72. The number of methoxy groups -OCH3 is 1. The minimum Gasteiger partial charge on any atom is -0.497 e. The van der Waals surface area contributed by atoms with Crippen molar-refractivity contribution in [1.29, 1.82) is 0 Å². The summed E-state index contributed by atoms with van der Waals surface area (Å²) in [5, 5.41) is 12.1. The third-order valence-electron chi connectivity index (χ3n) is 5.26. The maximum absolute atomic E-state index is 6.02. The fourth-order valence-corrected chi connectivity index (χ4v) is 3.93. The van der Waals surface area contributed by atoms with Crippen molar-refractivity contribution in [3.8, 4) is 11.5 Å². The van der Waals surface area contributed by atoms with Gasteiger partial charge in [-0.05, 0) is 44.9 Å². The van der Waals surface area contributed by atoms with Gasteiger partial charge in [-0.2, -0.15) is 0 Å². The Bertz CT molecular complexity index is 771. The fraction of sp³-hybridized carbons (Fsp3) is 0.579. The van der Waals surface area contributed by atoms with Gasteiger partial charge in [-0.3, -0.25) is 0 Å². The van der Waals surface area contributed by atoms with Gasteiger partial charge in [0.25, 0.3) is 0 Å². The van der Waals surface area contributed by atoms with Crippen LogP contribution in [0, 0.1) is 12.8 Å². The van der Waals surface area contributed by atoms with E-state index in [0.717, 1.165) is 62.0 Å². The summed E-state index contributed by atoms with van der Waals surface area (Å²) in [5.74, 6) is 4.72. The number of aryl methyl sites for hydroxylation is 2. The molecule has 6 heteroatoms. The maximum Gasteiger partial charge on any atom is 0.133 e. The normalized spacial score (nSPS) is 21.6. The van der Waals surface area contributed by atoms with E-state index in [2.05, 4.69) is 39.1 Å². The Balaban J connectivity index is 1.40. The molecular formula is C19H26N4O2. The first-order valence-electron chi connectivity index (χ1n) is 9.10. The van der Waals surface area contributed by atoms with Gasteiger partial charge in [0.05, 0.1) is 7.11 Å². The van der Waals surface area contributed by atoms with Crippen LogP contribution in [0.3, 0.4) is 0 Å². The Hall–Kier alpha value is -2.08. The molecule has 25 heavy (non-hydrogen) atoms. The number of nitrogens with zero attached hydrogens (tertiary/aromatic N) is 3. The second kappa shape index (κ2) is 6.67. The van der Waals surface area contributed by atoms with Gasteiger partial charge in [0.2, 0.25) is 0 Å². The van der Waals surface area contributed by atoms with Crippen LogP contribution < -0.4 is 14.8 Å². The van der Waals surface area contributed by atoms with E-state index >= 15 is 0 Å². The summed E-state index contributed by atoms with van der Waals surface area (Å²) >= 11 is 0. The maximum atomic E-state index is 6.02. The van der Waals surface area contributed by atoms with Crippen molar-refractivity contribution in [2.75, 3.05) is 13.7 Å². The number of hydrogen-bond acceptors (Lipinski definition) is 5. The summed E-state index contributed by atoms with van der Waals surface area (Å²) in [6.45, 7) is 6.94. The van der Waals surface area contributed by atoms with E-state index in [1.165, 1.54) is 11.1 Å². The van der Waals surface area contributed by atoms with Gasteiger partial charge in [-0.15, -0.1) is 10.2 Å². The third-order valence-corrected chi connectivity index (χ3v) is 5.26. The molecule has 0 spiro atoms. The molecule has 2 aliphatic heterocycles. The largest absolute Gasteiger partial charge is 0.497 e. The van der Waals surface area contributed by atoms with Gasteiger partial charge in [0.15, 0.2) is 0 Å². The van der Waals surface area contributed by atoms with Gasteiger partial charge in [-0.1, -0.05) is 0 Å². The van der Waals surface area contributed by atoms with Crippen LogP contribution >= 0.6 is 0 Å². The van der Waals surface area contributed by atoms with Gasteiger partial charge >= 0.3 is 0 Å². The molecule has 0 bridgehead atoms. The third kappa shape index (κ3) is 3.23. The first kappa shape index (κ1) is 16.4. The molecule has 1 N–H and O–H groups in total. The molecule has 0 aliphatic carbocycles. The molecule has 3 heterocycles. The van der Waals surface area contributed by atoms with Gasteiger partial charge in [0.1, 0.15) is 29.3 Å². The summed E-state index contributed by atoms with van der Waals surface area (Å²) in [4.78, 5) is 0. The molecule has 6 nitrogen and oxygen atoms in total. The second-order valence-corrected chi connectivity index (χ2v) is 7.22. The van der Waals surface area contributed by atoms with Gasteiger partial charge < -0.3 is 19.4 Å². The van der Waals surface area contributed by atoms with Crippen LogP contribution in [0.4, 0.5) is 0 Å². The number of nitrogens with one attached hydrogen (secondary N) is 1. The molecule has 1 aromatic carbocycles. The highest BCUT2D eigenvalue weighted by molar-refractivity contribution is 5.49. The van der Waals surface area contributed by atoms with Gasteiger partial charge in [-0.25, -0.2) is 0 Å². The van der Waals surface area contributed by atoms with Crippen LogP contribution in [-0.2, 0) is 25.9 Å². The Morgan fingerprint density at radius 2 is 2.24 bits per heavy atom. The monoisotopic (exact) mass is 342 g/mol. The molecule has 2 aliphatic rings. The topological polar surface area (TPSA) is 61.2 Å². The predicted molar refractivity (Wildman–Crippen MR) is 95.1 cm³/mol. The highest BCUT2D eigenvalue weighted by Gasteiger charge is 2.24. The van der Waals surface area contributed by atoms with Crippen molar-refractivity contribution >= 4 is 0 Å². The lowest BCUT2D eigenvalue weighted by molar-refractivity contribution is 0.251. The molecule has 4 rings (SSSR count). The van der Waals surface area contributed by atoms with Crippen molar-refractivity contribution in [2.45, 2.75) is 52.3 Å². The lowest BCUT2D eigenvalue weighted by atomic mass is 9.99. The molecule has 2 aromatic rings. The van der Waals surface area contributed by atoms with E-state index in [9.17, 15) is 0 Å². The molecule has 0 saturated carbocycles. The van der Waals surface area contributed by atoms with Crippen molar-refractivity contribution in [3.63, 3.8) is 0 Å². The summed E-state index contributed by atoms with van der Waals surface area (Å²) in [5.41, 5.74) is 2.45. The molecule has 0 saturated heterocycles. The zero-order valence-electron chi connectivity index (χ0n) is 15.2. The van der Waals surface area contributed by atoms with Crippen molar-refractivity contribution in [3.05, 3.63) is 34.9 Å². The van der Waals surface area contributed by atoms with Crippen LogP contribution in [0.5, 0.6) is 11.5 Å². The van der Waals surface area contributed by atoms with Crippen LogP contribution in [-0.4, -0.2) is 34.5 Å². The van der Waals surface area contributed by atoms with Gasteiger partial charge in [0, 0.05) is 37.1 Å². The summed E-state index contributed by atoms with van der Waals surface area (Å²) in [6.07, 6.45) is 3.38. The van der Waals surface area contributed by atoms with Crippen LogP contribution in [0.15, 0.2) is 12.1 Å². The predicted octanol–water partition coefficient (Wildman–Crippen LogP) is 2.27. The number of aromatic nitrogens is 3. The first-order valence-corrected chi connectivity index (χ1v) is 9.10. The van der Waals surface area contributed by atoms with Crippen molar-refractivity contribution in [1.82, 2.24) is 20.1 Å². The van der Waals surface area contributed by atoms with E-state index < -0.39 is 0 Å². The Morgan fingerprint density at radius 1 is 1.36 bits per heavy atom. The van der Waals surface area contributed by atoms with Crippen molar-refractivity contribution in [2.24, 2.45) is 5.92 Å². The lowest BCUT2D eigenvalue weighted by Gasteiger charge is -2.24. The van der Waals surface area contributed by atoms with E-state index in [-0.39, 0.29) is 6.10 Å². The van der Waals surface area contributed by atoms with E-state index in [1.807, 2.05) is 6.92 Å². The average molecular weight is 342 g/mol. The molecular weight excluding hydrogens is 316 g/mol. The van der Waals surface area contributed by atoms with Crippen molar-refractivity contribution < 1.29 is 9.47 Å². The second-order valence-electron chi connectivity index (χ2n) is 7.22. The van der Waals surface area contributed by atoms with E-state index in [1.54, 1.807) is 7.11 Å². The smallest absolute Gasteiger partial charge is 0.133 e. The first-order chi connectivity index (χ1) is 12.1. The number of fused-ring (bicyclic) bond motifs is 2. The average Bonchev–Trinajstić information content (AvgIpc) is 3.17. The summed E-state index contributed by atoms with van der Waals surface area (Å²) in [6, 6.07) is 4.19. The number of rotatable bonds is 5. The lowest BCUT2D eigenvalue weighted by Crippen LogP contribution is -2.30. The van der Waals surface area contributed by atoms with E-state index in [0.29, 0.717) is 5.92 Å². The Labute approximate surface area is 148 Å². The molecule has 0 unspecified atom stereocenters. The highest BCUT2D eigenvalue weighted by atomic mass is 16.5. The SMILES string of the molecule is COc1cc(CNC[C@H]2CCc3nnc(C)n3C2)c2c(c1)C[C@@H](C)O2. The standard InChI is InChI=1S/C19H26N4O2/c1-12-6-15-7-17(24-3)8-16(19(15)25-12)10-20-9-14-4-5-18-22-21-13(2)23(18)11-14/h7-8,12,14,20H,4-6,9-11H2,1-3H3/t12-,14-/m1/s1. The number of hydrogen-bond donors (Lipinski definition) is 1.